The predicted octanol–water partition coefficient (Wildman–Crippen LogP) is 5.27. The first-order chi connectivity index (χ1) is 6.16. The summed E-state index contributed by atoms with van der Waals surface area (Å²) in [4.78, 5) is 8.73. The molecule has 0 amide bonds. The standard InChI is InChI=1S/C9H9IN2S.3HI/c1-5(2)9-12-8-7(13-9)3-6(10)4-11-8;;;/h3-5H,1-2H3;3*1H. The summed E-state index contributed by atoms with van der Waals surface area (Å²) < 4.78 is 2.36. The van der Waals surface area contributed by atoms with E-state index in [-0.39, 0.29) is 71.9 Å². The maximum atomic E-state index is 4.46. The molecule has 2 rings (SSSR count). The van der Waals surface area contributed by atoms with E-state index in [0.717, 1.165) is 5.65 Å². The van der Waals surface area contributed by atoms with E-state index in [2.05, 4.69) is 52.5 Å². The van der Waals surface area contributed by atoms with Crippen LogP contribution in [-0.4, -0.2) is 9.97 Å². The van der Waals surface area contributed by atoms with Crippen LogP contribution in [0.4, 0.5) is 0 Å². The lowest BCUT2D eigenvalue weighted by Crippen LogP contribution is -1.84. The Kier molecular flexibility index (Phi) is 11.4. The summed E-state index contributed by atoms with van der Waals surface area (Å²) in [6, 6.07) is 2.13. The van der Waals surface area contributed by atoms with Crippen LogP contribution in [-0.2, 0) is 0 Å². The van der Waals surface area contributed by atoms with E-state index in [9.17, 15) is 0 Å². The first kappa shape index (κ1) is 20.3. The van der Waals surface area contributed by atoms with Crippen LogP contribution in [0, 0.1) is 3.57 Å². The maximum Gasteiger partial charge on any atom is 0.170 e. The molecule has 0 N–H and O–H groups in total. The highest BCUT2D eigenvalue weighted by Gasteiger charge is 2.07. The van der Waals surface area contributed by atoms with Crippen LogP contribution < -0.4 is 0 Å². The SMILES string of the molecule is CC(C)c1nc2ncc(I)cc2s1.I.I.I. The van der Waals surface area contributed by atoms with Crippen molar-refractivity contribution >= 4 is 116 Å². The van der Waals surface area contributed by atoms with Crippen molar-refractivity contribution in [1.82, 2.24) is 9.97 Å². The van der Waals surface area contributed by atoms with Crippen molar-refractivity contribution in [2.24, 2.45) is 0 Å². The molecule has 2 heterocycles. The number of hydrogen-bond donors (Lipinski definition) is 0. The van der Waals surface area contributed by atoms with Crippen LogP contribution in [0.1, 0.15) is 24.8 Å². The van der Waals surface area contributed by atoms with Gasteiger partial charge in [-0.3, -0.25) is 0 Å². The number of fused-ring (bicyclic) bond motifs is 1. The van der Waals surface area contributed by atoms with E-state index in [0.29, 0.717) is 5.92 Å². The number of pyridine rings is 1. The zero-order valence-corrected chi connectivity index (χ0v) is 18.6. The van der Waals surface area contributed by atoms with E-state index in [1.54, 1.807) is 11.3 Å². The van der Waals surface area contributed by atoms with Gasteiger partial charge in [0.2, 0.25) is 0 Å². The van der Waals surface area contributed by atoms with Gasteiger partial charge >= 0.3 is 0 Å². The highest BCUT2D eigenvalue weighted by molar-refractivity contribution is 14.1. The number of rotatable bonds is 1. The van der Waals surface area contributed by atoms with Crippen molar-refractivity contribution < 1.29 is 0 Å². The lowest BCUT2D eigenvalue weighted by atomic mass is 10.2. The summed E-state index contributed by atoms with van der Waals surface area (Å²) in [5.41, 5.74) is 0.883. The molecule has 0 aliphatic heterocycles. The molecule has 0 aliphatic carbocycles. The fraction of sp³-hybridized carbons (Fsp3) is 0.333. The average Bonchev–Trinajstić information content (AvgIpc) is 2.46. The first-order valence-electron chi connectivity index (χ1n) is 4.09. The summed E-state index contributed by atoms with van der Waals surface area (Å²) in [6.07, 6.45) is 1.85. The highest BCUT2D eigenvalue weighted by atomic mass is 127. The van der Waals surface area contributed by atoms with Gasteiger partial charge in [0.25, 0.3) is 0 Å². The highest BCUT2D eigenvalue weighted by Crippen LogP contribution is 2.26. The van der Waals surface area contributed by atoms with Gasteiger partial charge in [-0.1, -0.05) is 13.8 Å². The van der Waals surface area contributed by atoms with Crippen molar-refractivity contribution in [3.8, 4) is 0 Å². The van der Waals surface area contributed by atoms with Crippen molar-refractivity contribution in [1.29, 1.82) is 0 Å². The van der Waals surface area contributed by atoms with Gasteiger partial charge in [-0.05, 0) is 28.7 Å². The third kappa shape index (κ3) is 4.91. The second kappa shape index (κ2) is 8.96. The van der Waals surface area contributed by atoms with Gasteiger partial charge in [0, 0.05) is 15.7 Å². The van der Waals surface area contributed by atoms with Gasteiger partial charge in [-0.25, -0.2) is 9.97 Å². The normalized spacial score (nSPS) is 9.25. The van der Waals surface area contributed by atoms with Crippen molar-refractivity contribution in [3.63, 3.8) is 0 Å². The molecule has 2 aromatic heterocycles. The van der Waals surface area contributed by atoms with Crippen molar-refractivity contribution in [2.75, 3.05) is 0 Å². The van der Waals surface area contributed by atoms with Gasteiger partial charge < -0.3 is 0 Å². The summed E-state index contributed by atoms with van der Waals surface area (Å²) in [7, 11) is 0. The Morgan fingerprint density at radius 2 is 1.88 bits per heavy atom. The Labute approximate surface area is 164 Å². The van der Waals surface area contributed by atoms with E-state index in [4.69, 9.17) is 0 Å². The van der Waals surface area contributed by atoms with Gasteiger partial charge in [0.05, 0.1) is 9.71 Å². The topological polar surface area (TPSA) is 25.8 Å². The Balaban J connectivity index is 0. The summed E-state index contributed by atoms with van der Waals surface area (Å²) >= 11 is 4.01. The van der Waals surface area contributed by atoms with Gasteiger partial charge in [-0.15, -0.1) is 83.3 Å². The minimum atomic E-state index is 0. The molecular weight excluding hydrogens is 676 g/mol. The number of aromatic nitrogens is 2. The molecule has 0 aliphatic rings. The number of thiazole rings is 1. The average molecular weight is 688 g/mol. The Bertz CT molecular complexity index is 444. The molecule has 0 atom stereocenters. The number of nitrogens with zero attached hydrogens (tertiary/aromatic N) is 2. The molecule has 7 heteroatoms. The molecule has 0 bridgehead atoms. The molecule has 0 aromatic carbocycles. The van der Waals surface area contributed by atoms with Gasteiger partial charge in [0.1, 0.15) is 0 Å². The van der Waals surface area contributed by atoms with E-state index in [1.165, 1.54) is 13.3 Å². The summed E-state index contributed by atoms with van der Waals surface area (Å²) in [6.45, 7) is 4.31. The molecule has 0 fully saturated rings. The Hall–Kier alpha value is 1.96. The quantitative estimate of drug-likeness (QED) is 0.382. The van der Waals surface area contributed by atoms with E-state index >= 15 is 0 Å². The molecular formula is C9H12I4N2S. The first-order valence-corrected chi connectivity index (χ1v) is 5.98. The lowest BCUT2D eigenvalue weighted by molar-refractivity contribution is 0.855. The van der Waals surface area contributed by atoms with Crippen LogP contribution in [0.2, 0.25) is 0 Å². The lowest BCUT2D eigenvalue weighted by Gasteiger charge is -1.93. The smallest absolute Gasteiger partial charge is 0.170 e. The molecule has 0 unspecified atom stereocenters. The van der Waals surface area contributed by atoms with Gasteiger partial charge in [-0.2, -0.15) is 0 Å². The Morgan fingerprint density at radius 3 is 2.44 bits per heavy atom. The monoisotopic (exact) mass is 688 g/mol. The van der Waals surface area contributed by atoms with Crippen LogP contribution in [0.5, 0.6) is 0 Å². The summed E-state index contributed by atoms with van der Waals surface area (Å²) in [5, 5.41) is 1.17. The fourth-order valence-electron chi connectivity index (χ4n) is 1.06. The second-order valence-electron chi connectivity index (χ2n) is 3.18. The van der Waals surface area contributed by atoms with E-state index in [1.807, 2.05) is 6.20 Å². The Morgan fingerprint density at radius 1 is 1.25 bits per heavy atom. The van der Waals surface area contributed by atoms with Crippen molar-refractivity contribution in [2.45, 2.75) is 19.8 Å². The van der Waals surface area contributed by atoms with Crippen LogP contribution >= 0.6 is 106 Å². The third-order valence-corrected chi connectivity index (χ3v) is 3.61. The minimum absolute atomic E-state index is 0. The predicted molar refractivity (Wildman–Crippen MR) is 110 cm³/mol. The third-order valence-electron chi connectivity index (χ3n) is 1.72. The minimum Gasteiger partial charge on any atom is -0.235 e. The molecule has 0 spiro atoms. The number of hydrogen-bond acceptors (Lipinski definition) is 3. The zero-order valence-electron chi connectivity index (χ0n) is 8.64. The molecule has 2 nitrogen and oxygen atoms in total. The van der Waals surface area contributed by atoms with Crippen LogP contribution in [0.15, 0.2) is 12.3 Å². The molecule has 0 saturated heterocycles. The second-order valence-corrected chi connectivity index (χ2v) is 5.49. The zero-order chi connectivity index (χ0) is 9.42. The molecule has 0 radical (unpaired) electrons. The van der Waals surface area contributed by atoms with Gasteiger partial charge in [0.15, 0.2) is 5.65 Å². The molecule has 16 heavy (non-hydrogen) atoms. The largest absolute Gasteiger partial charge is 0.235 e. The van der Waals surface area contributed by atoms with Crippen LogP contribution in [0.25, 0.3) is 10.3 Å². The molecule has 0 saturated carbocycles. The van der Waals surface area contributed by atoms with E-state index < -0.39 is 0 Å². The molecule has 2 aromatic rings. The fourth-order valence-corrected chi connectivity index (χ4v) is 2.69. The molecule has 92 valence electrons. The maximum absolute atomic E-state index is 4.46. The van der Waals surface area contributed by atoms with Crippen LogP contribution in [0.3, 0.4) is 0 Å². The number of halogens is 4. The van der Waals surface area contributed by atoms with Crippen molar-refractivity contribution in [3.05, 3.63) is 20.8 Å². The summed E-state index contributed by atoms with van der Waals surface area (Å²) in [5.74, 6) is 0.497.